The van der Waals surface area contributed by atoms with E-state index in [2.05, 4.69) is 31.0 Å². The molecule has 104 valence electrons. The van der Waals surface area contributed by atoms with Crippen molar-refractivity contribution in [1.29, 1.82) is 0 Å². The molecule has 0 aliphatic carbocycles. The van der Waals surface area contributed by atoms with Crippen LogP contribution >= 0.6 is 0 Å². The lowest BCUT2D eigenvalue weighted by molar-refractivity contribution is 0.0965. The van der Waals surface area contributed by atoms with Gasteiger partial charge in [0, 0.05) is 30.8 Å². The lowest BCUT2D eigenvalue weighted by Gasteiger charge is -2.22. The molecular weight excluding hydrogens is 243 g/mol. The molecule has 2 rings (SSSR count). The van der Waals surface area contributed by atoms with Crippen molar-refractivity contribution in [2.45, 2.75) is 33.9 Å². The van der Waals surface area contributed by atoms with Gasteiger partial charge in [-0.1, -0.05) is 20.8 Å². The van der Waals surface area contributed by atoms with Crippen molar-refractivity contribution >= 4 is 5.91 Å². The van der Waals surface area contributed by atoms with Gasteiger partial charge in [-0.3, -0.25) is 9.69 Å². The molecule has 1 amide bonds. The number of halogens is 1. The number of carbonyl (C=O) groups is 1. The van der Waals surface area contributed by atoms with Crippen LogP contribution in [0.5, 0.6) is 0 Å². The Kier molecular flexibility index (Phi) is 4.20. The molecule has 1 N–H and O–H groups in total. The Bertz CT molecular complexity index is 485. The monoisotopic (exact) mass is 264 g/mol. The van der Waals surface area contributed by atoms with Crippen LogP contribution in [-0.4, -0.2) is 23.9 Å². The first-order valence-corrected chi connectivity index (χ1v) is 6.83. The maximum absolute atomic E-state index is 13.9. The molecule has 0 atom stereocenters. The first-order valence-electron chi connectivity index (χ1n) is 6.83. The van der Waals surface area contributed by atoms with Crippen LogP contribution in [0, 0.1) is 11.7 Å². The van der Waals surface area contributed by atoms with Gasteiger partial charge in [0.25, 0.3) is 5.91 Å². The zero-order valence-corrected chi connectivity index (χ0v) is 11.8. The van der Waals surface area contributed by atoms with E-state index >= 15 is 0 Å². The smallest absolute Gasteiger partial charge is 0.252 e. The molecule has 3 nitrogen and oxygen atoms in total. The molecule has 19 heavy (non-hydrogen) atoms. The van der Waals surface area contributed by atoms with Gasteiger partial charge in [0.05, 0.1) is 0 Å². The SMILES string of the molecule is CCN(Cc1cc(F)c2c(c1)C(=O)NC2)CC(C)C. The van der Waals surface area contributed by atoms with Crippen molar-refractivity contribution in [2.75, 3.05) is 13.1 Å². The summed E-state index contributed by atoms with van der Waals surface area (Å²) in [5.74, 6) is 0.136. The number of hydrogen-bond acceptors (Lipinski definition) is 2. The van der Waals surface area contributed by atoms with Crippen LogP contribution < -0.4 is 5.32 Å². The first-order chi connectivity index (χ1) is 9.01. The molecule has 1 aliphatic heterocycles. The molecule has 1 heterocycles. The third kappa shape index (κ3) is 3.13. The van der Waals surface area contributed by atoms with Crippen molar-refractivity contribution in [3.63, 3.8) is 0 Å². The van der Waals surface area contributed by atoms with Gasteiger partial charge in [-0.2, -0.15) is 0 Å². The zero-order chi connectivity index (χ0) is 14.0. The van der Waals surface area contributed by atoms with Crippen molar-refractivity contribution in [2.24, 2.45) is 5.92 Å². The fraction of sp³-hybridized carbons (Fsp3) is 0.533. The Morgan fingerprint density at radius 2 is 2.16 bits per heavy atom. The molecule has 0 radical (unpaired) electrons. The van der Waals surface area contributed by atoms with Gasteiger partial charge in [-0.15, -0.1) is 0 Å². The van der Waals surface area contributed by atoms with Crippen molar-refractivity contribution in [3.05, 3.63) is 34.6 Å². The van der Waals surface area contributed by atoms with E-state index < -0.39 is 0 Å². The molecule has 1 aromatic rings. The van der Waals surface area contributed by atoms with Crippen LogP contribution in [0.4, 0.5) is 4.39 Å². The highest BCUT2D eigenvalue weighted by Gasteiger charge is 2.23. The molecule has 4 heteroatoms. The molecule has 0 unspecified atom stereocenters. The summed E-state index contributed by atoms with van der Waals surface area (Å²) in [7, 11) is 0. The van der Waals surface area contributed by atoms with E-state index in [1.807, 2.05) is 6.07 Å². The number of hydrogen-bond donors (Lipinski definition) is 1. The maximum atomic E-state index is 13.9. The van der Waals surface area contributed by atoms with E-state index in [4.69, 9.17) is 0 Å². The van der Waals surface area contributed by atoms with Crippen LogP contribution in [0.2, 0.25) is 0 Å². The minimum atomic E-state index is -0.272. The summed E-state index contributed by atoms with van der Waals surface area (Å²) < 4.78 is 13.9. The average molecular weight is 264 g/mol. The predicted molar refractivity (Wildman–Crippen MR) is 73.4 cm³/mol. The predicted octanol–water partition coefficient (Wildman–Crippen LogP) is 2.55. The van der Waals surface area contributed by atoms with Crippen molar-refractivity contribution < 1.29 is 9.18 Å². The van der Waals surface area contributed by atoms with Crippen LogP contribution in [0.25, 0.3) is 0 Å². The molecule has 1 aliphatic rings. The number of carbonyl (C=O) groups excluding carboxylic acids is 1. The summed E-state index contributed by atoms with van der Waals surface area (Å²) in [5, 5.41) is 2.66. The van der Waals surface area contributed by atoms with Gasteiger partial charge in [0.15, 0.2) is 0 Å². The maximum Gasteiger partial charge on any atom is 0.252 e. The van der Waals surface area contributed by atoms with Crippen molar-refractivity contribution in [3.8, 4) is 0 Å². The second-order valence-electron chi connectivity index (χ2n) is 5.51. The second kappa shape index (κ2) is 5.70. The minimum absolute atomic E-state index is 0.164. The highest BCUT2D eigenvalue weighted by Crippen LogP contribution is 2.22. The molecule has 1 aromatic carbocycles. The second-order valence-corrected chi connectivity index (χ2v) is 5.51. The molecule has 0 spiro atoms. The van der Waals surface area contributed by atoms with E-state index in [1.165, 1.54) is 0 Å². The lowest BCUT2D eigenvalue weighted by Crippen LogP contribution is -2.27. The van der Waals surface area contributed by atoms with Crippen molar-refractivity contribution in [1.82, 2.24) is 10.2 Å². The molecule has 0 fully saturated rings. The number of nitrogens with one attached hydrogen (secondary N) is 1. The van der Waals surface area contributed by atoms with E-state index in [-0.39, 0.29) is 11.7 Å². The number of nitrogens with zero attached hydrogens (tertiary/aromatic N) is 1. The topological polar surface area (TPSA) is 32.3 Å². The zero-order valence-electron chi connectivity index (χ0n) is 11.8. The van der Waals surface area contributed by atoms with Gasteiger partial charge in [0.2, 0.25) is 0 Å². The molecule has 0 bridgehead atoms. The summed E-state index contributed by atoms with van der Waals surface area (Å²) in [6.45, 7) is 9.32. The van der Waals surface area contributed by atoms with Crippen LogP contribution in [-0.2, 0) is 13.1 Å². The Hall–Kier alpha value is -1.42. The van der Waals surface area contributed by atoms with E-state index in [1.54, 1.807) is 6.07 Å². The van der Waals surface area contributed by atoms with E-state index in [0.717, 1.165) is 18.7 Å². The van der Waals surface area contributed by atoms with Gasteiger partial charge < -0.3 is 5.32 Å². The fourth-order valence-corrected chi connectivity index (χ4v) is 2.51. The Balaban J connectivity index is 2.19. The number of fused-ring (bicyclic) bond motifs is 1. The van der Waals surface area contributed by atoms with Gasteiger partial charge in [-0.05, 0) is 30.2 Å². The highest BCUT2D eigenvalue weighted by atomic mass is 19.1. The number of amides is 1. The summed E-state index contributed by atoms with van der Waals surface area (Å²) in [5.41, 5.74) is 1.87. The molecule has 0 saturated heterocycles. The third-order valence-electron chi connectivity index (χ3n) is 3.40. The van der Waals surface area contributed by atoms with Gasteiger partial charge >= 0.3 is 0 Å². The Morgan fingerprint density at radius 3 is 2.79 bits per heavy atom. The van der Waals surface area contributed by atoms with Gasteiger partial charge in [0.1, 0.15) is 5.82 Å². The largest absolute Gasteiger partial charge is 0.348 e. The summed E-state index contributed by atoms with van der Waals surface area (Å²) in [6.07, 6.45) is 0. The Morgan fingerprint density at radius 1 is 1.42 bits per heavy atom. The minimum Gasteiger partial charge on any atom is -0.348 e. The number of rotatable bonds is 5. The quantitative estimate of drug-likeness (QED) is 0.886. The van der Waals surface area contributed by atoms with E-state index in [9.17, 15) is 9.18 Å². The lowest BCUT2D eigenvalue weighted by atomic mass is 10.0. The average Bonchev–Trinajstić information content (AvgIpc) is 2.70. The molecular formula is C15H21FN2O. The fourth-order valence-electron chi connectivity index (χ4n) is 2.51. The van der Waals surface area contributed by atoms with Crippen LogP contribution in [0.3, 0.4) is 0 Å². The molecule has 0 saturated carbocycles. The standard InChI is InChI=1S/C15H21FN2O/c1-4-18(8-10(2)3)9-11-5-12-13(14(16)6-11)7-17-15(12)19/h5-6,10H,4,7-9H2,1-3H3,(H,17,19). The Labute approximate surface area is 113 Å². The highest BCUT2D eigenvalue weighted by molar-refractivity contribution is 5.98. The number of benzene rings is 1. The molecule has 0 aromatic heterocycles. The first kappa shape index (κ1) is 14.0. The van der Waals surface area contributed by atoms with Crippen LogP contribution in [0.15, 0.2) is 12.1 Å². The third-order valence-corrected chi connectivity index (χ3v) is 3.40. The van der Waals surface area contributed by atoms with Gasteiger partial charge in [-0.25, -0.2) is 4.39 Å². The van der Waals surface area contributed by atoms with Crippen LogP contribution in [0.1, 0.15) is 42.3 Å². The summed E-state index contributed by atoms with van der Waals surface area (Å²) in [4.78, 5) is 13.9. The normalized spacial score (nSPS) is 14.1. The summed E-state index contributed by atoms with van der Waals surface area (Å²) >= 11 is 0. The van der Waals surface area contributed by atoms with E-state index in [0.29, 0.717) is 30.1 Å². The summed E-state index contributed by atoms with van der Waals surface area (Å²) in [6, 6.07) is 3.38.